The molecular weight excluding hydrogens is 392 g/mol. The fraction of sp³-hybridized carbons (Fsp3) is 0.550. The molecule has 0 bridgehead atoms. The predicted octanol–water partition coefficient (Wildman–Crippen LogP) is 1.96. The standard InChI is InChI=1S/C20H27ClN6O2/c21-16-5-3-6-17(15-16)24-11-13-25(14-12-24)19(28)22-8-4-10-27-20(29)26-9-2-1-7-18(26)23-27/h3,5-6,15H,1-2,4,7-14H2,(H,22,28). The number of anilines is 1. The van der Waals surface area contributed by atoms with Crippen LogP contribution >= 0.6 is 11.6 Å². The van der Waals surface area contributed by atoms with Gasteiger partial charge in [-0.1, -0.05) is 17.7 Å². The van der Waals surface area contributed by atoms with Crippen LogP contribution in [-0.4, -0.2) is 58.0 Å². The number of aromatic nitrogens is 3. The maximum absolute atomic E-state index is 12.4. The number of hydrogen-bond donors (Lipinski definition) is 1. The molecular formula is C20H27ClN6O2. The van der Waals surface area contributed by atoms with E-state index in [4.69, 9.17) is 11.6 Å². The van der Waals surface area contributed by atoms with Gasteiger partial charge >= 0.3 is 11.7 Å². The minimum absolute atomic E-state index is 0.0248. The van der Waals surface area contributed by atoms with Crippen molar-refractivity contribution in [2.24, 2.45) is 0 Å². The molecule has 8 nitrogen and oxygen atoms in total. The van der Waals surface area contributed by atoms with Crippen molar-refractivity contribution < 1.29 is 4.79 Å². The van der Waals surface area contributed by atoms with Crippen LogP contribution in [0.2, 0.25) is 5.02 Å². The van der Waals surface area contributed by atoms with E-state index in [2.05, 4.69) is 15.3 Å². The summed E-state index contributed by atoms with van der Waals surface area (Å²) in [5.74, 6) is 0.892. The summed E-state index contributed by atoms with van der Waals surface area (Å²) in [5, 5.41) is 8.12. The van der Waals surface area contributed by atoms with Crippen LogP contribution in [0.25, 0.3) is 0 Å². The van der Waals surface area contributed by atoms with E-state index in [1.807, 2.05) is 29.2 Å². The molecule has 1 aromatic heterocycles. The quantitative estimate of drug-likeness (QED) is 0.753. The zero-order valence-electron chi connectivity index (χ0n) is 16.5. The number of carbonyl (C=O) groups is 1. The fourth-order valence-corrected chi connectivity index (χ4v) is 4.16. The Balaban J connectivity index is 1.20. The van der Waals surface area contributed by atoms with Gasteiger partial charge in [-0.2, -0.15) is 5.10 Å². The van der Waals surface area contributed by atoms with E-state index < -0.39 is 0 Å². The number of urea groups is 1. The van der Waals surface area contributed by atoms with Crippen LogP contribution < -0.4 is 15.9 Å². The number of carbonyl (C=O) groups excluding carboxylic acids is 1. The van der Waals surface area contributed by atoms with Crippen LogP contribution in [0.5, 0.6) is 0 Å². The third-order valence-electron chi connectivity index (χ3n) is 5.59. The van der Waals surface area contributed by atoms with E-state index in [1.165, 1.54) is 4.68 Å². The van der Waals surface area contributed by atoms with Crippen LogP contribution in [-0.2, 0) is 19.5 Å². The highest BCUT2D eigenvalue weighted by atomic mass is 35.5. The number of rotatable bonds is 5. The lowest BCUT2D eigenvalue weighted by Gasteiger charge is -2.36. The molecule has 1 saturated heterocycles. The monoisotopic (exact) mass is 418 g/mol. The van der Waals surface area contributed by atoms with Crippen LogP contribution in [0.4, 0.5) is 10.5 Å². The van der Waals surface area contributed by atoms with Gasteiger partial charge in [-0.25, -0.2) is 14.3 Å². The molecule has 4 rings (SSSR count). The summed E-state index contributed by atoms with van der Waals surface area (Å²) in [4.78, 5) is 28.8. The highest BCUT2D eigenvalue weighted by molar-refractivity contribution is 6.30. The van der Waals surface area contributed by atoms with Gasteiger partial charge in [0.05, 0.1) is 0 Å². The smallest absolute Gasteiger partial charge is 0.345 e. The zero-order chi connectivity index (χ0) is 20.2. The van der Waals surface area contributed by atoms with Crippen molar-refractivity contribution in [1.29, 1.82) is 0 Å². The number of aryl methyl sites for hydroxylation is 2. The lowest BCUT2D eigenvalue weighted by atomic mass is 10.2. The summed E-state index contributed by atoms with van der Waals surface area (Å²) in [7, 11) is 0. The molecule has 9 heteroatoms. The molecule has 156 valence electrons. The van der Waals surface area contributed by atoms with Crippen molar-refractivity contribution in [2.45, 2.75) is 38.8 Å². The van der Waals surface area contributed by atoms with Crippen molar-refractivity contribution in [2.75, 3.05) is 37.6 Å². The van der Waals surface area contributed by atoms with E-state index in [0.29, 0.717) is 32.6 Å². The van der Waals surface area contributed by atoms with E-state index in [0.717, 1.165) is 55.4 Å². The lowest BCUT2D eigenvalue weighted by molar-refractivity contribution is 0.194. The van der Waals surface area contributed by atoms with E-state index in [-0.39, 0.29) is 11.7 Å². The normalized spacial score (nSPS) is 16.6. The first-order chi connectivity index (χ1) is 14.1. The topological polar surface area (TPSA) is 75.4 Å². The minimum Gasteiger partial charge on any atom is -0.368 e. The molecule has 0 radical (unpaired) electrons. The number of amides is 2. The van der Waals surface area contributed by atoms with Gasteiger partial charge in [-0.15, -0.1) is 0 Å². The Morgan fingerprint density at radius 1 is 1.14 bits per heavy atom. The molecule has 2 aromatic rings. The number of hydrogen-bond acceptors (Lipinski definition) is 4. The highest BCUT2D eigenvalue weighted by Gasteiger charge is 2.21. The third kappa shape index (κ3) is 4.58. The fourth-order valence-electron chi connectivity index (χ4n) is 3.97. The largest absolute Gasteiger partial charge is 0.368 e. The number of nitrogens with zero attached hydrogens (tertiary/aromatic N) is 5. The Labute approximate surface area is 175 Å². The average molecular weight is 419 g/mol. The van der Waals surface area contributed by atoms with Crippen LogP contribution in [0.15, 0.2) is 29.1 Å². The predicted molar refractivity (Wildman–Crippen MR) is 113 cm³/mol. The first-order valence-electron chi connectivity index (χ1n) is 10.3. The minimum atomic E-state index is -0.0489. The Morgan fingerprint density at radius 2 is 1.97 bits per heavy atom. The summed E-state index contributed by atoms with van der Waals surface area (Å²) in [5.41, 5.74) is 1.06. The molecule has 0 unspecified atom stereocenters. The van der Waals surface area contributed by atoms with E-state index >= 15 is 0 Å². The molecule has 1 fully saturated rings. The van der Waals surface area contributed by atoms with Gasteiger partial charge in [0, 0.05) is 62.9 Å². The van der Waals surface area contributed by atoms with Crippen molar-refractivity contribution in [3.63, 3.8) is 0 Å². The molecule has 0 spiro atoms. The van der Waals surface area contributed by atoms with Crippen molar-refractivity contribution in [3.05, 3.63) is 45.6 Å². The number of piperazine rings is 1. The molecule has 1 aromatic carbocycles. The zero-order valence-corrected chi connectivity index (χ0v) is 17.3. The summed E-state index contributed by atoms with van der Waals surface area (Å²) < 4.78 is 3.32. The summed E-state index contributed by atoms with van der Waals surface area (Å²) in [6.45, 7) is 4.74. The SMILES string of the molecule is O=C(NCCCn1nc2n(c1=O)CCCC2)N1CCN(c2cccc(Cl)c2)CC1. The summed E-state index contributed by atoms with van der Waals surface area (Å²) in [6.07, 6.45) is 3.70. The molecule has 2 aliphatic heterocycles. The number of nitrogens with one attached hydrogen (secondary N) is 1. The summed E-state index contributed by atoms with van der Waals surface area (Å²) in [6, 6.07) is 7.75. The lowest BCUT2D eigenvalue weighted by Crippen LogP contribution is -2.52. The molecule has 0 aliphatic carbocycles. The Bertz CT molecular complexity index is 916. The van der Waals surface area contributed by atoms with Crippen molar-refractivity contribution in [3.8, 4) is 0 Å². The molecule has 3 heterocycles. The number of benzene rings is 1. The second-order valence-corrected chi connectivity index (χ2v) is 8.01. The summed E-state index contributed by atoms with van der Waals surface area (Å²) >= 11 is 6.07. The molecule has 0 saturated carbocycles. The Hall–Kier alpha value is -2.48. The molecule has 2 aliphatic rings. The van der Waals surface area contributed by atoms with Gasteiger partial charge in [-0.3, -0.25) is 4.57 Å². The first-order valence-corrected chi connectivity index (χ1v) is 10.7. The average Bonchev–Trinajstić information content (AvgIpc) is 3.07. The van der Waals surface area contributed by atoms with Gasteiger partial charge in [-0.05, 0) is 37.5 Å². The third-order valence-corrected chi connectivity index (χ3v) is 5.83. The Kier molecular flexibility index (Phi) is 6.08. The molecule has 0 atom stereocenters. The number of halogens is 1. The number of fused-ring (bicyclic) bond motifs is 1. The van der Waals surface area contributed by atoms with Crippen LogP contribution in [0.3, 0.4) is 0 Å². The van der Waals surface area contributed by atoms with Crippen LogP contribution in [0.1, 0.15) is 25.1 Å². The van der Waals surface area contributed by atoms with Gasteiger partial charge in [0.2, 0.25) is 0 Å². The van der Waals surface area contributed by atoms with E-state index in [9.17, 15) is 9.59 Å². The maximum atomic E-state index is 12.4. The maximum Gasteiger partial charge on any atom is 0.345 e. The second-order valence-electron chi connectivity index (χ2n) is 7.57. The van der Waals surface area contributed by atoms with Gasteiger partial charge in [0.1, 0.15) is 5.82 Å². The second kappa shape index (κ2) is 8.90. The van der Waals surface area contributed by atoms with Gasteiger partial charge in [0.15, 0.2) is 0 Å². The van der Waals surface area contributed by atoms with Crippen LogP contribution in [0, 0.1) is 0 Å². The molecule has 29 heavy (non-hydrogen) atoms. The van der Waals surface area contributed by atoms with E-state index in [1.54, 1.807) is 4.57 Å². The van der Waals surface area contributed by atoms with Crippen molar-refractivity contribution >= 4 is 23.3 Å². The van der Waals surface area contributed by atoms with Gasteiger partial charge in [0.25, 0.3) is 0 Å². The van der Waals surface area contributed by atoms with Crippen molar-refractivity contribution in [1.82, 2.24) is 24.6 Å². The Morgan fingerprint density at radius 3 is 2.72 bits per heavy atom. The highest BCUT2D eigenvalue weighted by Crippen LogP contribution is 2.20. The molecule has 1 N–H and O–H groups in total. The van der Waals surface area contributed by atoms with Gasteiger partial charge < -0.3 is 15.1 Å². The first kappa shape index (κ1) is 19.8. The molecule has 2 amide bonds.